The van der Waals surface area contributed by atoms with Gasteiger partial charge in [-0.1, -0.05) is 0 Å². The SMILES string of the molecule is Cc1cc(C=O)c(F)c(Br)n1. The average Bonchev–Trinajstić information content (AvgIpc) is 1.96. The van der Waals surface area contributed by atoms with Crippen LogP contribution in [0.15, 0.2) is 10.7 Å². The molecule has 0 bridgehead atoms. The molecule has 0 amide bonds. The van der Waals surface area contributed by atoms with Gasteiger partial charge in [0, 0.05) is 5.69 Å². The minimum Gasteiger partial charge on any atom is -0.298 e. The van der Waals surface area contributed by atoms with Gasteiger partial charge in [0.2, 0.25) is 0 Å². The molecule has 1 aromatic heterocycles. The lowest BCUT2D eigenvalue weighted by molar-refractivity contribution is 0.111. The van der Waals surface area contributed by atoms with Crippen molar-refractivity contribution in [1.82, 2.24) is 4.98 Å². The van der Waals surface area contributed by atoms with E-state index in [1.807, 2.05) is 0 Å². The largest absolute Gasteiger partial charge is 0.298 e. The lowest BCUT2D eigenvalue weighted by Gasteiger charge is -1.98. The maximum atomic E-state index is 12.8. The van der Waals surface area contributed by atoms with E-state index in [4.69, 9.17) is 0 Å². The van der Waals surface area contributed by atoms with Crippen molar-refractivity contribution in [3.05, 3.63) is 27.7 Å². The molecule has 1 heterocycles. The summed E-state index contributed by atoms with van der Waals surface area (Å²) in [6.07, 6.45) is 0.467. The molecular weight excluding hydrogens is 213 g/mol. The molecule has 0 radical (unpaired) electrons. The standard InChI is InChI=1S/C7H5BrFNO/c1-4-2-5(3-11)6(9)7(8)10-4/h2-3H,1H3. The van der Waals surface area contributed by atoms with Gasteiger partial charge in [-0.3, -0.25) is 4.79 Å². The Morgan fingerprint density at radius 2 is 2.36 bits per heavy atom. The number of rotatable bonds is 1. The van der Waals surface area contributed by atoms with Crippen LogP contribution in [0.2, 0.25) is 0 Å². The molecule has 4 heteroatoms. The number of carbonyl (C=O) groups excluding carboxylic acids is 1. The van der Waals surface area contributed by atoms with Crippen LogP contribution in [0.3, 0.4) is 0 Å². The second-order valence-electron chi connectivity index (χ2n) is 2.08. The Hall–Kier alpha value is -0.770. The van der Waals surface area contributed by atoms with E-state index in [0.717, 1.165) is 0 Å². The van der Waals surface area contributed by atoms with Crippen molar-refractivity contribution in [2.45, 2.75) is 6.92 Å². The number of aldehydes is 1. The zero-order chi connectivity index (χ0) is 8.43. The molecule has 0 saturated heterocycles. The van der Waals surface area contributed by atoms with Gasteiger partial charge in [-0.05, 0) is 28.9 Å². The van der Waals surface area contributed by atoms with Gasteiger partial charge in [-0.25, -0.2) is 9.37 Å². The van der Waals surface area contributed by atoms with Crippen molar-refractivity contribution in [3.63, 3.8) is 0 Å². The second-order valence-corrected chi connectivity index (χ2v) is 2.83. The Morgan fingerprint density at radius 1 is 1.73 bits per heavy atom. The average molecular weight is 218 g/mol. The minimum atomic E-state index is -0.606. The van der Waals surface area contributed by atoms with Crippen molar-refractivity contribution in [2.24, 2.45) is 0 Å². The summed E-state index contributed by atoms with van der Waals surface area (Å²) in [6, 6.07) is 1.40. The van der Waals surface area contributed by atoms with E-state index < -0.39 is 5.82 Å². The summed E-state index contributed by atoms with van der Waals surface area (Å²) in [5, 5.41) is 0. The van der Waals surface area contributed by atoms with E-state index in [9.17, 15) is 9.18 Å². The first-order valence-corrected chi connectivity index (χ1v) is 3.72. The molecule has 2 nitrogen and oxygen atoms in total. The number of carbonyl (C=O) groups is 1. The van der Waals surface area contributed by atoms with E-state index in [-0.39, 0.29) is 10.2 Å². The van der Waals surface area contributed by atoms with Crippen LogP contribution >= 0.6 is 15.9 Å². The Balaban J connectivity index is 3.35. The molecule has 0 aliphatic heterocycles. The van der Waals surface area contributed by atoms with Gasteiger partial charge in [0.05, 0.1) is 5.56 Å². The summed E-state index contributed by atoms with van der Waals surface area (Å²) in [5.74, 6) is -0.606. The van der Waals surface area contributed by atoms with Crippen molar-refractivity contribution in [1.29, 1.82) is 0 Å². The molecule has 1 aromatic rings. The third kappa shape index (κ3) is 1.63. The molecule has 58 valence electrons. The van der Waals surface area contributed by atoms with E-state index in [0.29, 0.717) is 12.0 Å². The first kappa shape index (κ1) is 8.33. The third-order valence-electron chi connectivity index (χ3n) is 1.20. The van der Waals surface area contributed by atoms with E-state index in [1.165, 1.54) is 6.07 Å². The molecule has 11 heavy (non-hydrogen) atoms. The van der Waals surface area contributed by atoms with Gasteiger partial charge < -0.3 is 0 Å². The second kappa shape index (κ2) is 3.09. The highest BCUT2D eigenvalue weighted by atomic mass is 79.9. The van der Waals surface area contributed by atoms with Crippen LogP contribution in [-0.4, -0.2) is 11.3 Å². The van der Waals surface area contributed by atoms with Gasteiger partial charge in [0.15, 0.2) is 12.1 Å². The first-order chi connectivity index (χ1) is 5.15. The monoisotopic (exact) mass is 217 g/mol. The number of aromatic nitrogens is 1. The molecule has 1 rings (SSSR count). The van der Waals surface area contributed by atoms with Crippen LogP contribution in [0, 0.1) is 12.7 Å². The number of pyridine rings is 1. The zero-order valence-electron chi connectivity index (χ0n) is 5.77. The van der Waals surface area contributed by atoms with Crippen molar-refractivity contribution >= 4 is 22.2 Å². The summed E-state index contributed by atoms with van der Waals surface area (Å²) < 4.78 is 12.9. The van der Waals surface area contributed by atoms with Gasteiger partial charge >= 0.3 is 0 Å². The van der Waals surface area contributed by atoms with Crippen molar-refractivity contribution < 1.29 is 9.18 Å². The quantitative estimate of drug-likeness (QED) is 0.533. The highest BCUT2D eigenvalue weighted by Crippen LogP contribution is 2.15. The highest BCUT2D eigenvalue weighted by Gasteiger charge is 2.06. The molecule has 0 spiro atoms. The Labute approximate surface area is 71.6 Å². The summed E-state index contributed by atoms with van der Waals surface area (Å²) >= 11 is 2.89. The van der Waals surface area contributed by atoms with Gasteiger partial charge in [-0.2, -0.15) is 0 Å². The fourth-order valence-electron chi connectivity index (χ4n) is 0.729. The fraction of sp³-hybridized carbons (Fsp3) is 0.143. The van der Waals surface area contributed by atoms with Gasteiger partial charge in [0.25, 0.3) is 0 Å². The lowest BCUT2D eigenvalue weighted by Crippen LogP contribution is -1.94. The predicted molar refractivity (Wildman–Crippen MR) is 42.0 cm³/mol. The van der Waals surface area contributed by atoms with Crippen LogP contribution in [0.1, 0.15) is 16.1 Å². The van der Waals surface area contributed by atoms with Gasteiger partial charge in [-0.15, -0.1) is 0 Å². The molecule has 0 aliphatic carbocycles. The maximum Gasteiger partial charge on any atom is 0.166 e. The summed E-state index contributed by atoms with van der Waals surface area (Å²) in [5.41, 5.74) is 0.643. The van der Waals surface area contributed by atoms with Crippen LogP contribution in [0.5, 0.6) is 0 Å². The van der Waals surface area contributed by atoms with E-state index in [1.54, 1.807) is 6.92 Å². The Kier molecular flexibility index (Phi) is 2.34. The maximum absolute atomic E-state index is 12.8. The Morgan fingerprint density at radius 3 is 2.91 bits per heavy atom. The topological polar surface area (TPSA) is 30.0 Å². The highest BCUT2D eigenvalue weighted by molar-refractivity contribution is 9.10. The number of hydrogen-bond donors (Lipinski definition) is 0. The summed E-state index contributed by atoms with van der Waals surface area (Å²) in [6.45, 7) is 1.69. The molecule has 0 fully saturated rings. The molecule has 0 atom stereocenters. The van der Waals surface area contributed by atoms with Crippen LogP contribution in [0.4, 0.5) is 4.39 Å². The number of halogens is 2. The van der Waals surface area contributed by atoms with Crippen LogP contribution in [0.25, 0.3) is 0 Å². The van der Waals surface area contributed by atoms with Gasteiger partial charge in [0.1, 0.15) is 4.60 Å². The van der Waals surface area contributed by atoms with Crippen molar-refractivity contribution in [3.8, 4) is 0 Å². The summed E-state index contributed by atoms with van der Waals surface area (Å²) in [4.78, 5) is 14.0. The van der Waals surface area contributed by atoms with Crippen LogP contribution in [-0.2, 0) is 0 Å². The minimum absolute atomic E-state index is 0.0318. The van der Waals surface area contributed by atoms with Crippen LogP contribution < -0.4 is 0 Å². The predicted octanol–water partition coefficient (Wildman–Crippen LogP) is 2.10. The number of hydrogen-bond acceptors (Lipinski definition) is 2. The zero-order valence-corrected chi connectivity index (χ0v) is 7.35. The normalized spacial score (nSPS) is 9.73. The molecule has 0 saturated carbocycles. The number of aryl methyl sites for hydroxylation is 1. The molecule has 0 aromatic carbocycles. The molecule has 0 unspecified atom stereocenters. The molecular formula is C7H5BrFNO. The third-order valence-corrected chi connectivity index (χ3v) is 1.73. The Bertz CT molecular complexity index is 301. The van der Waals surface area contributed by atoms with E-state index in [2.05, 4.69) is 20.9 Å². The smallest absolute Gasteiger partial charge is 0.166 e. The molecule has 0 aliphatic rings. The fourth-order valence-corrected chi connectivity index (χ4v) is 1.24. The summed E-state index contributed by atoms with van der Waals surface area (Å²) in [7, 11) is 0. The first-order valence-electron chi connectivity index (χ1n) is 2.93. The molecule has 0 N–H and O–H groups in total. The van der Waals surface area contributed by atoms with E-state index >= 15 is 0 Å². The van der Waals surface area contributed by atoms with Crippen molar-refractivity contribution in [2.75, 3.05) is 0 Å². The lowest BCUT2D eigenvalue weighted by atomic mass is 10.2. The number of nitrogens with zero attached hydrogens (tertiary/aromatic N) is 1.